The number of aryl methyl sites for hydroxylation is 1. The molecule has 1 amide bonds. The van der Waals surface area contributed by atoms with Gasteiger partial charge in [-0.15, -0.1) is 0 Å². The number of carbonyl (C=O) groups excluding carboxylic acids is 1. The van der Waals surface area contributed by atoms with Crippen LogP contribution in [-0.4, -0.2) is 10.9 Å². The number of nitrogens with two attached hydrogens (primary N) is 1. The minimum Gasteiger partial charge on any atom is -0.489 e. The quantitative estimate of drug-likeness (QED) is 0.688. The van der Waals surface area contributed by atoms with Gasteiger partial charge in [0.15, 0.2) is 0 Å². The largest absolute Gasteiger partial charge is 0.489 e. The van der Waals surface area contributed by atoms with Crippen molar-refractivity contribution in [3.8, 4) is 17.0 Å². The smallest absolute Gasteiger partial charge is 0.416 e. The van der Waals surface area contributed by atoms with E-state index in [4.69, 9.17) is 10.5 Å². The van der Waals surface area contributed by atoms with E-state index in [2.05, 4.69) is 4.98 Å². The number of hydrogen-bond donors (Lipinski definition) is 1. The van der Waals surface area contributed by atoms with Gasteiger partial charge in [0.2, 0.25) is 5.91 Å². The predicted octanol–water partition coefficient (Wildman–Crippen LogP) is 4.75. The normalized spacial score (nSPS) is 11.3. The van der Waals surface area contributed by atoms with Crippen molar-refractivity contribution in [1.29, 1.82) is 0 Å². The van der Waals surface area contributed by atoms with Crippen LogP contribution in [0.25, 0.3) is 11.3 Å². The molecular weight excluding hydrogens is 369 g/mol. The summed E-state index contributed by atoms with van der Waals surface area (Å²) in [6, 6.07) is 13.4. The molecule has 3 rings (SSSR count). The Hall–Kier alpha value is -3.35. The van der Waals surface area contributed by atoms with E-state index in [1.54, 1.807) is 43.5 Å². The maximum absolute atomic E-state index is 12.8. The molecule has 144 valence electrons. The molecular formula is C21H17F3N2O2. The second-order valence-electron chi connectivity index (χ2n) is 6.26. The highest BCUT2D eigenvalue weighted by molar-refractivity contribution is 5.94. The zero-order valence-electron chi connectivity index (χ0n) is 15.0. The molecule has 7 heteroatoms. The lowest BCUT2D eigenvalue weighted by atomic mass is 10.0. The Kier molecular flexibility index (Phi) is 5.35. The van der Waals surface area contributed by atoms with Crippen molar-refractivity contribution >= 4 is 5.91 Å². The van der Waals surface area contributed by atoms with E-state index in [1.807, 2.05) is 0 Å². The standard InChI is InChI=1S/C21H17F3N2O2/c1-13-9-15(5-6-18(13)20(25)27)19-10-14(7-8-26-19)12-28-17-4-2-3-16(11-17)21(22,23)24/h2-11H,12H2,1H3,(H2,25,27). The number of rotatable bonds is 5. The van der Waals surface area contributed by atoms with Gasteiger partial charge >= 0.3 is 6.18 Å². The van der Waals surface area contributed by atoms with Crippen LogP contribution >= 0.6 is 0 Å². The van der Waals surface area contributed by atoms with E-state index >= 15 is 0 Å². The number of carbonyl (C=O) groups is 1. The van der Waals surface area contributed by atoms with Gasteiger partial charge in [0.25, 0.3) is 0 Å². The second kappa shape index (κ2) is 7.72. The zero-order chi connectivity index (χ0) is 20.3. The number of alkyl halides is 3. The average molecular weight is 386 g/mol. The summed E-state index contributed by atoms with van der Waals surface area (Å²) < 4.78 is 43.9. The Morgan fingerprint density at radius 1 is 1.11 bits per heavy atom. The molecule has 3 aromatic rings. The molecule has 0 saturated carbocycles. The maximum Gasteiger partial charge on any atom is 0.416 e. The summed E-state index contributed by atoms with van der Waals surface area (Å²) in [6.45, 7) is 1.87. The van der Waals surface area contributed by atoms with Gasteiger partial charge in [-0.1, -0.05) is 12.1 Å². The molecule has 2 N–H and O–H groups in total. The highest BCUT2D eigenvalue weighted by Crippen LogP contribution is 2.31. The van der Waals surface area contributed by atoms with Gasteiger partial charge in [0, 0.05) is 17.3 Å². The molecule has 0 saturated heterocycles. The van der Waals surface area contributed by atoms with E-state index < -0.39 is 17.6 Å². The monoisotopic (exact) mass is 386 g/mol. The van der Waals surface area contributed by atoms with Crippen LogP contribution in [0.5, 0.6) is 5.75 Å². The number of halogens is 3. The van der Waals surface area contributed by atoms with Crippen molar-refractivity contribution in [2.45, 2.75) is 19.7 Å². The van der Waals surface area contributed by atoms with Gasteiger partial charge in [0.05, 0.1) is 11.3 Å². The lowest BCUT2D eigenvalue weighted by Crippen LogP contribution is -2.12. The molecule has 0 fully saturated rings. The van der Waals surface area contributed by atoms with Crippen LogP contribution in [0.1, 0.15) is 27.0 Å². The topological polar surface area (TPSA) is 65.2 Å². The lowest BCUT2D eigenvalue weighted by molar-refractivity contribution is -0.137. The minimum atomic E-state index is -4.42. The van der Waals surface area contributed by atoms with Gasteiger partial charge in [-0.3, -0.25) is 9.78 Å². The third-order valence-corrected chi connectivity index (χ3v) is 4.18. The van der Waals surface area contributed by atoms with Crippen molar-refractivity contribution in [1.82, 2.24) is 4.98 Å². The van der Waals surface area contributed by atoms with Gasteiger partial charge in [0.1, 0.15) is 12.4 Å². The summed E-state index contributed by atoms with van der Waals surface area (Å²) in [5.74, 6) is -0.366. The van der Waals surface area contributed by atoms with Crippen molar-refractivity contribution < 1.29 is 22.7 Å². The Labute approximate surface area is 159 Å². The number of benzene rings is 2. The molecule has 28 heavy (non-hydrogen) atoms. The fourth-order valence-corrected chi connectivity index (χ4v) is 2.75. The Bertz CT molecular complexity index is 1020. The minimum absolute atomic E-state index is 0.0924. The number of pyridine rings is 1. The third kappa shape index (κ3) is 4.49. The SMILES string of the molecule is Cc1cc(-c2cc(COc3cccc(C(F)(F)F)c3)ccn2)ccc1C(N)=O. The van der Waals surface area contributed by atoms with Gasteiger partial charge in [-0.05, 0) is 60.5 Å². The fourth-order valence-electron chi connectivity index (χ4n) is 2.75. The van der Waals surface area contributed by atoms with Crippen LogP contribution in [0, 0.1) is 6.92 Å². The first-order chi connectivity index (χ1) is 13.2. The van der Waals surface area contributed by atoms with Crippen LogP contribution in [-0.2, 0) is 12.8 Å². The molecule has 0 aliphatic rings. The first-order valence-corrected chi connectivity index (χ1v) is 8.40. The van der Waals surface area contributed by atoms with Gasteiger partial charge < -0.3 is 10.5 Å². The van der Waals surface area contributed by atoms with Crippen LogP contribution < -0.4 is 10.5 Å². The van der Waals surface area contributed by atoms with E-state index in [0.717, 1.165) is 28.8 Å². The average Bonchev–Trinajstić information content (AvgIpc) is 2.66. The third-order valence-electron chi connectivity index (χ3n) is 4.18. The summed E-state index contributed by atoms with van der Waals surface area (Å²) >= 11 is 0. The Balaban J connectivity index is 1.77. The van der Waals surface area contributed by atoms with E-state index in [0.29, 0.717) is 11.3 Å². The number of hydrogen-bond acceptors (Lipinski definition) is 3. The van der Waals surface area contributed by atoms with Crippen LogP contribution in [0.15, 0.2) is 60.8 Å². The fraction of sp³-hybridized carbons (Fsp3) is 0.143. The summed E-state index contributed by atoms with van der Waals surface area (Å²) in [5, 5.41) is 0. The molecule has 4 nitrogen and oxygen atoms in total. The number of aromatic nitrogens is 1. The highest BCUT2D eigenvalue weighted by atomic mass is 19.4. The van der Waals surface area contributed by atoms with Crippen molar-refractivity contribution in [3.05, 3.63) is 83.0 Å². The predicted molar refractivity (Wildman–Crippen MR) is 98.7 cm³/mol. The van der Waals surface area contributed by atoms with Crippen molar-refractivity contribution in [3.63, 3.8) is 0 Å². The molecule has 0 unspecified atom stereocenters. The number of amides is 1. The van der Waals surface area contributed by atoms with Gasteiger partial charge in [-0.25, -0.2) is 0 Å². The summed E-state index contributed by atoms with van der Waals surface area (Å²) in [7, 11) is 0. The van der Waals surface area contributed by atoms with Gasteiger partial charge in [-0.2, -0.15) is 13.2 Å². The van der Waals surface area contributed by atoms with Crippen LogP contribution in [0.3, 0.4) is 0 Å². The molecule has 0 atom stereocenters. The molecule has 1 aromatic heterocycles. The molecule has 1 heterocycles. The summed E-state index contributed by atoms with van der Waals surface area (Å²) in [5.41, 5.74) is 7.93. The lowest BCUT2D eigenvalue weighted by Gasteiger charge is -2.11. The molecule has 0 radical (unpaired) electrons. The van der Waals surface area contributed by atoms with E-state index in [9.17, 15) is 18.0 Å². The molecule has 2 aromatic carbocycles. The maximum atomic E-state index is 12.8. The van der Waals surface area contributed by atoms with Crippen LogP contribution in [0.2, 0.25) is 0 Å². The number of nitrogens with zero attached hydrogens (tertiary/aromatic N) is 1. The first-order valence-electron chi connectivity index (χ1n) is 8.40. The van der Waals surface area contributed by atoms with Crippen molar-refractivity contribution in [2.24, 2.45) is 5.73 Å². The zero-order valence-corrected chi connectivity index (χ0v) is 15.0. The van der Waals surface area contributed by atoms with E-state index in [1.165, 1.54) is 12.1 Å². The molecule has 0 aliphatic carbocycles. The first kappa shape index (κ1) is 19.4. The molecule has 0 aliphatic heterocycles. The molecule has 0 spiro atoms. The summed E-state index contributed by atoms with van der Waals surface area (Å²) in [4.78, 5) is 15.7. The highest BCUT2D eigenvalue weighted by Gasteiger charge is 2.30. The van der Waals surface area contributed by atoms with Crippen molar-refractivity contribution in [2.75, 3.05) is 0 Å². The van der Waals surface area contributed by atoms with Crippen LogP contribution in [0.4, 0.5) is 13.2 Å². The second-order valence-corrected chi connectivity index (χ2v) is 6.26. The van der Waals surface area contributed by atoms with E-state index in [-0.39, 0.29) is 12.4 Å². The molecule has 0 bridgehead atoms. The number of primary amides is 1. The number of ether oxygens (including phenoxy) is 1. The summed E-state index contributed by atoms with van der Waals surface area (Å²) in [6.07, 6.45) is -2.82. The Morgan fingerprint density at radius 2 is 1.89 bits per heavy atom. The Morgan fingerprint density at radius 3 is 2.57 bits per heavy atom.